The van der Waals surface area contributed by atoms with E-state index in [1.807, 2.05) is 19.2 Å². The van der Waals surface area contributed by atoms with Gasteiger partial charge in [-0.15, -0.1) is 0 Å². The number of nitrogens with zero attached hydrogens (tertiary/aromatic N) is 4. The van der Waals surface area contributed by atoms with E-state index in [-0.39, 0.29) is 11.6 Å². The molecule has 7 heteroatoms. The molecule has 0 bridgehead atoms. The van der Waals surface area contributed by atoms with E-state index in [9.17, 15) is 14.9 Å². The Kier molecular flexibility index (Phi) is 4.32. The molecule has 0 N–H and O–H groups in total. The minimum Gasteiger partial charge on any atom is -0.336 e. The molecule has 1 aromatic carbocycles. The Morgan fingerprint density at radius 2 is 2.00 bits per heavy atom. The van der Waals surface area contributed by atoms with Gasteiger partial charge in [0.1, 0.15) is 0 Å². The van der Waals surface area contributed by atoms with Crippen LogP contribution in [0.3, 0.4) is 0 Å². The Bertz CT molecular complexity index is 648. The van der Waals surface area contributed by atoms with Crippen molar-refractivity contribution in [3.8, 4) is 0 Å². The summed E-state index contributed by atoms with van der Waals surface area (Å²) in [6.07, 6.45) is 1.86. The van der Waals surface area contributed by atoms with Crippen LogP contribution in [0.4, 0.5) is 5.69 Å². The summed E-state index contributed by atoms with van der Waals surface area (Å²) in [5.41, 5.74) is 1.18. The van der Waals surface area contributed by atoms with E-state index in [0.717, 1.165) is 12.2 Å². The number of rotatable bonds is 5. The van der Waals surface area contributed by atoms with Gasteiger partial charge in [0, 0.05) is 37.5 Å². The molecule has 7 nitrogen and oxygen atoms in total. The van der Waals surface area contributed by atoms with Crippen molar-refractivity contribution < 1.29 is 9.72 Å². The van der Waals surface area contributed by atoms with Gasteiger partial charge in [-0.1, -0.05) is 0 Å². The highest BCUT2D eigenvalue weighted by Crippen LogP contribution is 2.14. The van der Waals surface area contributed by atoms with Gasteiger partial charge in [0.05, 0.1) is 17.2 Å². The fourth-order valence-corrected chi connectivity index (χ4v) is 1.93. The second-order valence-electron chi connectivity index (χ2n) is 4.63. The molecule has 0 atom stereocenters. The van der Waals surface area contributed by atoms with Gasteiger partial charge in [0.15, 0.2) is 0 Å². The van der Waals surface area contributed by atoms with Crippen LogP contribution in [0.25, 0.3) is 0 Å². The Morgan fingerprint density at radius 3 is 2.52 bits per heavy atom. The van der Waals surface area contributed by atoms with Crippen molar-refractivity contribution >= 4 is 11.6 Å². The lowest BCUT2D eigenvalue weighted by Crippen LogP contribution is -2.26. The summed E-state index contributed by atoms with van der Waals surface area (Å²) in [6, 6.07) is 7.44. The van der Waals surface area contributed by atoms with Crippen LogP contribution in [0.1, 0.15) is 23.0 Å². The summed E-state index contributed by atoms with van der Waals surface area (Å²) >= 11 is 0. The highest BCUT2D eigenvalue weighted by molar-refractivity contribution is 5.94. The number of nitro groups is 1. The van der Waals surface area contributed by atoms with Gasteiger partial charge in [-0.25, -0.2) is 0 Å². The molecule has 0 aliphatic carbocycles. The molecule has 0 saturated carbocycles. The number of benzene rings is 1. The molecule has 2 rings (SSSR count). The fourth-order valence-electron chi connectivity index (χ4n) is 1.93. The second kappa shape index (κ2) is 6.17. The number of hydrogen-bond donors (Lipinski definition) is 0. The normalized spacial score (nSPS) is 10.4. The zero-order chi connectivity index (χ0) is 15.4. The topological polar surface area (TPSA) is 81.3 Å². The third kappa shape index (κ3) is 3.44. The molecule has 110 valence electrons. The SMILES string of the molecule is CCn1ccc(CN(C)C(=O)c2ccc([N+](=O)[O-])cc2)n1. The number of carbonyl (C=O) groups excluding carboxylic acids is 1. The van der Waals surface area contributed by atoms with Crippen molar-refractivity contribution in [3.05, 3.63) is 57.9 Å². The molecular formula is C14H16N4O3. The molecule has 21 heavy (non-hydrogen) atoms. The molecule has 0 fully saturated rings. The van der Waals surface area contributed by atoms with Gasteiger partial charge in [0.25, 0.3) is 11.6 Å². The zero-order valence-corrected chi connectivity index (χ0v) is 11.9. The predicted molar refractivity (Wildman–Crippen MR) is 76.8 cm³/mol. The average Bonchev–Trinajstić information content (AvgIpc) is 2.94. The van der Waals surface area contributed by atoms with Crippen molar-refractivity contribution in [2.24, 2.45) is 0 Å². The highest BCUT2D eigenvalue weighted by Gasteiger charge is 2.14. The average molecular weight is 288 g/mol. The molecule has 0 unspecified atom stereocenters. The number of non-ortho nitro benzene ring substituents is 1. The van der Waals surface area contributed by atoms with Crippen LogP contribution in [0.5, 0.6) is 0 Å². The number of carbonyl (C=O) groups is 1. The molecule has 0 aliphatic heterocycles. The van der Waals surface area contributed by atoms with E-state index >= 15 is 0 Å². The van der Waals surface area contributed by atoms with Crippen LogP contribution in [0, 0.1) is 10.1 Å². The lowest BCUT2D eigenvalue weighted by molar-refractivity contribution is -0.384. The monoisotopic (exact) mass is 288 g/mol. The summed E-state index contributed by atoms with van der Waals surface area (Å²) < 4.78 is 1.79. The Balaban J connectivity index is 2.06. The van der Waals surface area contributed by atoms with E-state index in [1.165, 1.54) is 29.2 Å². The van der Waals surface area contributed by atoms with Crippen molar-refractivity contribution in [1.82, 2.24) is 14.7 Å². The van der Waals surface area contributed by atoms with Crippen LogP contribution < -0.4 is 0 Å². The number of aryl methyl sites for hydroxylation is 1. The van der Waals surface area contributed by atoms with Crippen LogP contribution in [0.15, 0.2) is 36.5 Å². The second-order valence-corrected chi connectivity index (χ2v) is 4.63. The van der Waals surface area contributed by atoms with Crippen molar-refractivity contribution in [2.75, 3.05) is 7.05 Å². The number of amides is 1. The van der Waals surface area contributed by atoms with E-state index in [0.29, 0.717) is 12.1 Å². The summed E-state index contributed by atoms with van der Waals surface area (Å²) in [5, 5.41) is 14.9. The van der Waals surface area contributed by atoms with Crippen molar-refractivity contribution in [3.63, 3.8) is 0 Å². The van der Waals surface area contributed by atoms with Crippen LogP contribution in [-0.4, -0.2) is 32.6 Å². The largest absolute Gasteiger partial charge is 0.336 e. The van der Waals surface area contributed by atoms with E-state index in [4.69, 9.17) is 0 Å². The molecule has 1 heterocycles. The van der Waals surface area contributed by atoms with Gasteiger partial charge in [-0.05, 0) is 25.1 Å². The molecule has 0 saturated heterocycles. The van der Waals surface area contributed by atoms with E-state index < -0.39 is 4.92 Å². The summed E-state index contributed by atoms with van der Waals surface area (Å²) in [4.78, 5) is 23.9. The van der Waals surface area contributed by atoms with Gasteiger partial charge in [-0.3, -0.25) is 19.6 Å². The van der Waals surface area contributed by atoms with E-state index in [2.05, 4.69) is 5.10 Å². The predicted octanol–water partition coefficient (Wildman–Crippen LogP) is 2.08. The van der Waals surface area contributed by atoms with Crippen molar-refractivity contribution in [2.45, 2.75) is 20.0 Å². The van der Waals surface area contributed by atoms with Gasteiger partial charge in [-0.2, -0.15) is 5.10 Å². The first-order chi connectivity index (χ1) is 10.0. The van der Waals surface area contributed by atoms with Crippen LogP contribution >= 0.6 is 0 Å². The summed E-state index contributed by atoms with van der Waals surface area (Å²) in [5.74, 6) is -0.198. The fraction of sp³-hybridized carbons (Fsp3) is 0.286. The Hall–Kier alpha value is -2.70. The molecule has 1 aromatic heterocycles. The minimum atomic E-state index is -0.491. The van der Waals surface area contributed by atoms with E-state index in [1.54, 1.807) is 11.7 Å². The molecular weight excluding hydrogens is 272 g/mol. The van der Waals surface area contributed by atoms with Gasteiger partial charge >= 0.3 is 0 Å². The highest BCUT2D eigenvalue weighted by atomic mass is 16.6. The molecule has 0 spiro atoms. The smallest absolute Gasteiger partial charge is 0.269 e. The maximum atomic E-state index is 12.2. The maximum absolute atomic E-state index is 12.2. The molecule has 2 aromatic rings. The number of nitro benzene ring substituents is 1. The quantitative estimate of drug-likeness (QED) is 0.623. The number of hydrogen-bond acceptors (Lipinski definition) is 4. The first-order valence-corrected chi connectivity index (χ1v) is 6.53. The third-order valence-corrected chi connectivity index (χ3v) is 3.09. The van der Waals surface area contributed by atoms with Crippen LogP contribution in [-0.2, 0) is 13.1 Å². The summed E-state index contributed by atoms with van der Waals surface area (Å²) in [7, 11) is 1.68. The molecule has 0 aliphatic rings. The third-order valence-electron chi connectivity index (χ3n) is 3.09. The summed E-state index contributed by atoms with van der Waals surface area (Å²) in [6.45, 7) is 3.16. The first-order valence-electron chi connectivity index (χ1n) is 6.53. The first kappa shape index (κ1) is 14.7. The van der Waals surface area contributed by atoms with Gasteiger partial charge < -0.3 is 4.90 Å². The standard InChI is InChI=1S/C14H16N4O3/c1-3-17-9-8-12(15-17)10-16(2)14(19)11-4-6-13(7-5-11)18(20)21/h4-9H,3,10H2,1-2H3. The number of aromatic nitrogens is 2. The van der Waals surface area contributed by atoms with Gasteiger partial charge in [0.2, 0.25) is 0 Å². The molecule has 0 radical (unpaired) electrons. The van der Waals surface area contributed by atoms with Crippen molar-refractivity contribution in [1.29, 1.82) is 0 Å². The molecule has 1 amide bonds. The maximum Gasteiger partial charge on any atom is 0.269 e. The lowest BCUT2D eigenvalue weighted by Gasteiger charge is -2.15. The Morgan fingerprint density at radius 1 is 1.33 bits per heavy atom. The van der Waals surface area contributed by atoms with Crippen LogP contribution in [0.2, 0.25) is 0 Å². The Labute approximate surface area is 121 Å². The minimum absolute atomic E-state index is 0.0316. The zero-order valence-electron chi connectivity index (χ0n) is 11.9. The lowest BCUT2D eigenvalue weighted by atomic mass is 10.2.